The standard InChI is InChI=1S/C22H21F6N7O3S/c1-4-39(38,5-2)34-20(37)16-9-17(30-10-29-16)35-18(31-11-32-35)12(3)33-19(36)13-6-14(21(23,24)25)8-15(7-13)22(26,27)28/h6-12H,4-5H2,1-3H3,(H,33,36)/t12-/m0/s1. The number of hydrogen-bond acceptors (Lipinski definition) is 7. The van der Waals surface area contributed by atoms with Crippen LogP contribution in [0.15, 0.2) is 41.3 Å². The lowest BCUT2D eigenvalue weighted by Gasteiger charge is -2.17. The third-order valence-corrected chi connectivity index (χ3v) is 7.70. The summed E-state index contributed by atoms with van der Waals surface area (Å²) in [5, 5.41) is 6.24. The summed E-state index contributed by atoms with van der Waals surface area (Å²) < 4.78 is 96.3. The number of nitrogens with one attached hydrogen (secondary N) is 1. The largest absolute Gasteiger partial charge is 0.416 e. The number of aromatic nitrogens is 5. The second-order valence-corrected chi connectivity index (χ2v) is 10.9. The van der Waals surface area contributed by atoms with Crippen molar-refractivity contribution >= 4 is 21.5 Å². The Hall–Kier alpha value is -3.89. The molecule has 0 radical (unpaired) electrons. The molecule has 0 aliphatic carbocycles. The van der Waals surface area contributed by atoms with E-state index in [0.717, 1.165) is 17.3 Å². The van der Waals surface area contributed by atoms with Gasteiger partial charge in [-0.05, 0) is 25.1 Å². The summed E-state index contributed by atoms with van der Waals surface area (Å²) in [6, 6.07) is 0.598. The van der Waals surface area contributed by atoms with E-state index in [2.05, 4.69) is 29.7 Å². The fourth-order valence-corrected chi connectivity index (χ4v) is 4.33. The first-order chi connectivity index (χ1) is 18.1. The Morgan fingerprint density at radius 1 is 0.949 bits per heavy atom. The summed E-state index contributed by atoms with van der Waals surface area (Å²) >= 11 is 0. The van der Waals surface area contributed by atoms with Crippen LogP contribution in [0.5, 0.6) is 0 Å². The van der Waals surface area contributed by atoms with Gasteiger partial charge in [0, 0.05) is 23.1 Å². The van der Waals surface area contributed by atoms with Crippen LogP contribution in [0, 0.1) is 0 Å². The van der Waals surface area contributed by atoms with Gasteiger partial charge in [-0.3, -0.25) is 9.59 Å². The lowest BCUT2D eigenvalue weighted by atomic mass is 10.0. The van der Waals surface area contributed by atoms with Gasteiger partial charge in [-0.2, -0.15) is 40.5 Å². The minimum absolute atomic E-state index is 0.0185. The fourth-order valence-electron chi connectivity index (χ4n) is 3.26. The zero-order valence-corrected chi connectivity index (χ0v) is 21.4. The van der Waals surface area contributed by atoms with Crippen LogP contribution in [0.4, 0.5) is 26.3 Å². The Kier molecular flexibility index (Phi) is 8.42. The number of halogens is 6. The van der Waals surface area contributed by atoms with E-state index in [4.69, 9.17) is 0 Å². The van der Waals surface area contributed by atoms with Gasteiger partial charge in [-0.15, -0.1) is 0 Å². The number of alkyl halides is 6. The molecule has 0 aliphatic rings. The summed E-state index contributed by atoms with van der Waals surface area (Å²) in [6.45, 7) is 4.60. The minimum Gasteiger partial charge on any atom is -0.342 e. The van der Waals surface area contributed by atoms with E-state index in [9.17, 15) is 40.1 Å². The molecule has 0 unspecified atom stereocenters. The molecule has 0 saturated heterocycles. The summed E-state index contributed by atoms with van der Waals surface area (Å²) in [7, 11) is -2.77. The molecule has 3 aromatic rings. The van der Waals surface area contributed by atoms with E-state index in [1.165, 1.54) is 13.0 Å². The van der Waals surface area contributed by atoms with Crippen molar-refractivity contribution in [2.45, 2.75) is 39.2 Å². The molecule has 2 aromatic heterocycles. The van der Waals surface area contributed by atoms with Crippen LogP contribution in [0.1, 0.15) is 64.6 Å². The van der Waals surface area contributed by atoms with Crippen molar-refractivity contribution in [2.24, 2.45) is 4.36 Å². The first-order valence-corrected chi connectivity index (χ1v) is 13.0. The number of amides is 2. The molecule has 0 fully saturated rings. The summed E-state index contributed by atoms with van der Waals surface area (Å²) in [5.74, 6) is -1.84. The smallest absolute Gasteiger partial charge is 0.342 e. The van der Waals surface area contributed by atoms with Crippen molar-refractivity contribution in [3.63, 3.8) is 0 Å². The topological polar surface area (TPSA) is 132 Å². The Morgan fingerprint density at radius 3 is 2.08 bits per heavy atom. The molecule has 10 nitrogen and oxygen atoms in total. The third kappa shape index (κ3) is 6.96. The van der Waals surface area contributed by atoms with E-state index < -0.39 is 56.6 Å². The summed E-state index contributed by atoms with van der Waals surface area (Å²) in [5.41, 5.74) is -4.37. The van der Waals surface area contributed by atoms with Gasteiger partial charge in [-0.1, -0.05) is 13.8 Å². The Balaban J connectivity index is 1.92. The van der Waals surface area contributed by atoms with E-state index >= 15 is 0 Å². The zero-order chi connectivity index (χ0) is 29.2. The van der Waals surface area contributed by atoms with Gasteiger partial charge >= 0.3 is 18.3 Å². The maximum atomic E-state index is 13.2. The summed E-state index contributed by atoms with van der Waals surface area (Å²) in [6.07, 6.45) is -8.19. The van der Waals surface area contributed by atoms with Crippen molar-refractivity contribution in [1.29, 1.82) is 0 Å². The number of nitrogens with zero attached hydrogens (tertiary/aromatic N) is 6. The molecule has 2 amide bonds. The molecule has 210 valence electrons. The van der Waals surface area contributed by atoms with Crippen molar-refractivity contribution in [1.82, 2.24) is 30.0 Å². The van der Waals surface area contributed by atoms with Crippen LogP contribution in [-0.4, -0.2) is 52.3 Å². The van der Waals surface area contributed by atoms with Gasteiger partial charge in [0.15, 0.2) is 11.6 Å². The van der Waals surface area contributed by atoms with Crippen molar-refractivity contribution in [3.8, 4) is 5.82 Å². The lowest BCUT2D eigenvalue weighted by molar-refractivity contribution is -0.143. The highest BCUT2D eigenvalue weighted by Crippen LogP contribution is 2.36. The van der Waals surface area contributed by atoms with Crippen LogP contribution >= 0.6 is 0 Å². The molecule has 1 N–H and O–H groups in total. The quantitative estimate of drug-likeness (QED) is 0.416. The molecule has 3 rings (SSSR count). The normalized spacial score (nSPS) is 13.2. The number of rotatable bonds is 7. The van der Waals surface area contributed by atoms with Gasteiger partial charge in [0.1, 0.15) is 18.3 Å². The lowest BCUT2D eigenvalue weighted by Crippen LogP contribution is -2.29. The van der Waals surface area contributed by atoms with Crippen molar-refractivity contribution < 1.29 is 40.1 Å². The first kappa shape index (κ1) is 29.7. The van der Waals surface area contributed by atoms with Gasteiger partial charge in [0.25, 0.3) is 5.91 Å². The summed E-state index contributed by atoms with van der Waals surface area (Å²) in [4.78, 5) is 37.0. The molecular weight excluding hydrogens is 556 g/mol. The number of benzene rings is 1. The highest BCUT2D eigenvalue weighted by molar-refractivity contribution is 7.93. The first-order valence-electron chi connectivity index (χ1n) is 11.2. The van der Waals surface area contributed by atoms with Gasteiger partial charge in [-0.25, -0.2) is 19.2 Å². The van der Waals surface area contributed by atoms with Gasteiger partial charge in [0.05, 0.1) is 26.9 Å². The van der Waals surface area contributed by atoms with Crippen LogP contribution in [-0.2, 0) is 22.1 Å². The zero-order valence-electron chi connectivity index (χ0n) is 20.5. The average Bonchev–Trinajstić information content (AvgIpc) is 3.37. The minimum atomic E-state index is -5.13. The number of carbonyl (C=O) groups is 2. The van der Waals surface area contributed by atoms with Crippen LogP contribution < -0.4 is 5.32 Å². The predicted octanol–water partition coefficient (Wildman–Crippen LogP) is 4.23. The number of hydrogen-bond donors (Lipinski definition) is 1. The maximum Gasteiger partial charge on any atom is 0.416 e. The van der Waals surface area contributed by atoms with Crippen LogP contribution in [0.2, 0.25) is 0 Å². The van der Waals surface area contributed by atoms with E-state index in [-0.39, 0.29) is 34.9 Å². The molecule has 1 aromatic carbocycles. The maximum absolute atomic E-state index is 13.2. The van der Waals surface area contributed by atoms with Crippen LogP contribution in [0.25, 0.3) is 5.82 Å². The van der Waals surface area contributed by atoms with E-state index in [1.807, 2.05) is 0 Å². The van der Waals surface area contributed by atoms with E-state index in [0.29, 0.717) is 12.1 Å². The van der Waals surface area contributed by atoms with Gasteiger partial charge < -0.3 is 5.32 Å². The van der Waals surface area contributed by atoms with Crippen molar-refractivity contribution in [2.75, 3.05) is 11.5 Å². The second kappa shape index (κ2) is 11.1. The molecular formula is C22H21F6N7O3S. The molecule has 0 bridgehead atoms. The molecule has 0 saturated carbocycles. The Morgan fingerprint density at radius 2 is 1.54 bits per heavy atom. The Labute approximate surface area is 218 Å². The second-order valence-electron chi connectivity index (χ2n) is 8.03. The molecule has 2 heterocycles. The Bertz CT molecular complexity index is 1470. The molecule has 1 atom stereocenters. The van der Waals surface area contributed by atoms with E-state index in [1.54, 1.807) is 13.8 Å². The molecule has 0 spiro atoms. The molecule has 39 heavy (non-hydrogen) atoms. The molecule has 0 aliphatic heterocycles. The third-order valence-electron chi connectivity index (χ3n) is 5.40. The average molecular weight is 578 g/mol. The molecule has 17 heteroatoms. The highest BCUT2D eigenvalue weighted by atomic mass is 32.2. The fraction of sp³-hybridized carbons (Fsp3) is 0.364. The van der Waals surface area contributed by atoms with Gasteiger partial charge in [0.2, 0.25) is 0 Å². The monoisotopic (exact) mass is 577 g/mol. The SMILES string of the molecule is CCS(=O)(CC)=NC(=O)c1cc(-n2ncnc2[C@H](C)NC(=O)c2cc(C(F)(F)F)cc(C(F)(F)F)c2)ncn1. The predicted molar refractivity (Wildman–Crippen MR) is 125 cm³/mol. The highest BCUT2D eigenvalue weighted by Gasteiger charge is 2.37. The van der Waals surface area contributed by atoms with Crippen molar-refractivity contribution in [3.05, 3.63) is 65.1 Å². The van der Waals surface area contributed by atoms with Crippen LogP contribution in [0.3, 0.4) is 0 Å². The number of carbonyl (C=O) groups excluding carboxylic acids is 2.